The monoisotopic (exact) mass is 346 g/mol. The fraction of sp³-hybridized carbons (Fsp3) is 0.211. The zero-order valence-electron chi connectivity index (χ0n) is 14.5. The summed E-state index contributed by atoms with van der Waals surface area (Å²) in [7, 11) is 0. The van der Waals surface area contributed by atoms with E-state index >= 15 is 0 Å². The maximum atomic E-state index is 5.53. The molecule has 1 aromatic carbocycles. The maximum absolute atomic E-state index is 5.53. The predicted molar refractivity (Wildman–Crippen MR) is 98.3 cm³/mol. The SMILES string of the molecule is CC(C)C(Nc1ncnc2ccccc12)c1nc(-c2cccnc2)no1. The lowest BCUT2D eigenvalue weighted by atomic mass is 10.0. The van der Waals surface area contributed by atoms with Crippen LogP contribution in [0.3, 0.4) is 0 Å². The average molecular weight is 346 g/mol. The smallest absolute Gasteiger partial charge is 0.249 e. The van der Waals surface area contributed by atoms with Crippen LogP contribution in [0.4, 0.5) is 5.82 Å². The number of nitrogens with one attached hydrogen (secondary N) is 1. The molecule has 3 aromatic heterocycles. The number of benzene rings is 1. The molecule has 3 heterocycles. The first-order valence-corrected chi connectivity index (χ1v) is 8.42. The van der Waals surface area contributed by atoms with Crippen LogP contribution in [0.1, 0.15) is 25.8 Å². The average Bonchev–Trinajstić information content (AvgIpc) is 3.16. The van der Waals surface area contributed by atoms with E-state index in [4.69, 9.17) is 4.52 Å². The Labute approximate surface area is 150 Å². The molecule has 7 nitrogen and oxygen atoms in total. The third kappa shape index (κ3) is 3.11. The molecule has 0 fully saturated rings. The third-order valence-corrected chi connectivity index (χ3v) is 4.13. The second-order valence-corrected chi connectivity index (χ2v) is 6.30. The first kappa shape index (κ1) is 16.1. The summed E-state index contributed by atoms with van der Waals surface area (Å²) in [5.74, 6) is 2.00. The molecule has 0 aliphatic rings. The number of aromatic nitrogens is 5. The molecule has 1 unspecified atom stereocenters. The highest BCUT2D eigenvalue weighted by Gasteiger charge is 2.24. The topological polar surface area (TPSA) is 89.6 Å². The van der Waals surface area contributed by atoms with Crippen LogP contribution in [-0.2, 0) is 0 Å². The summed E-state index contributed by atoms with van der Waals surface area (Å²) in [6.45, 7) is 4.18. The van der Waals surface area contributed by atoms with Crippen molar-refractivity contribution in [2.45, 2.75) is 19.9 Å². The van der Waals surface area contributed by atoms with Crippen LogP contribution < -0.4 is 5.32 Å². The molecule has 7 heteroatoms. The summed E-state index contributed by atoms with van der Waals surface area (Å²) in [4.78, 5) is 17.4. The fourth-order valence-electron chi connectivity index (χ4n) is 2.75. The van der Waals surface area contributed by atoms with Gasteiger partial charge in [0.2, 0.25) is 11.7 Å². The minimum absolute atomic E-state index is 0.175. The first-order valence-electron chi connectivity index (χ1n) is 8.42. The predicted octanol–water partition coefficient (Wildman–Crippen LogP) is 3.88. The molecular weight excluding hydrogens is 328 g/mol. The van der Waals surface area contributed by atoms with Crippen molar-refractivity contribution < 1.29 is 4.52 Å². The van der Waals surface area contributed by atoms with Gasteiger partial charge in [-0.05, 0) is 30.2 Å². The zero-order chi connectivity index (χ0) is 17.9. The van der Waals surface area contributed by atoms with Crippen molar-refractivity contribution in [3.63, 3.8) is 0 Å². The van der Waals surface area contributed by atoms with Gasteiger partial charge in [0.05, 0.1) is 5.52 Å². The molecule has 26 heavy (non-hydrogen) atoms. The van der Waals surface area contributed by atoms with Crippen molar-refractivity contribution in [1.29, 1.82) is 0 Å². The Kier molecular flexibility index (Phi) is 4.27. The number of para-hydroxylation sites is 1. The number of nitrogens with zero attached hydrogens (tertiary/aromatic N) is 5. The summed E-state index contributed by atoms with van der Waals surface area (Å²) in [5, 5.41) is 8.49. The molecule has 0 amide bonds. The van der Waals surface area contributed by atoms with Gasteiger partial charge in [-0.25, -0.2) is 9.97 Å². The number of rotatable bonds is 5. The highest BCUT2D eigenvalue weighted by atomic mass is 16.5. The van der Waals surface area contributed by atoms with Gasteiger partial charge < -0.3 is 9.84 Å². The molecule has 0 spiro atoms. The van der Waals surface area contributed by atoms with E-state index < -0.39 is 0 Å². The Morgan fingerprint density at radius 3 is 2.73 bits per heavy atom. The van der Waals surface area contributed by atoms with Gasteiger partial charge in [-0.15, -0.1) is 0 Å². The van der Waals surface area contributed by atoms with Crippen molar-refractivity contribution in [2.75, 3.05) is 5.32 Å². The lowest BCUT2D eigenvalue weighted by Crippen LogP contribution is -2.18. The molecule has 4 rings (SSSR count). The Hall–Kier alpha value is -3.35. The molecule has 0 saturated carbocycles. The minimum atomic E-state index is -0.175. The molecule has 0 bridgehead atoms. The van der Waals surface area contributed by atoms with E-state index in [1.807, 2.05) is 36.4 Å². The highest BCUT2D eigenvalue weighted by Crippen LogP contribution is 2.29. The molecule has 0 radical (unpaired) electrons. The van der Waals surface area contributed by atoms with Crippen molar-refractivity contribution in [3.05, 3.63) is 61.0 Å². The van der Waals surface area contributed by atoms with E-state index in [0.717, 1.165) is 22.3 Å². The maximum Gasteiger partial charge on any atom is 0.249 e. The van der Waals surface area contributed by atoms with Crippen LogP contribution in [0.15, 0.2) is 59.6 Å². The number of hydrogen-bond donors (Lipinski definition) is 1. The van der Waals surface area contributed by atoms with Crippen molar-refractivity contribution in [2.24, 2.45) is 5.92 Å². The van der Waals surface area contributed by atoms with Crippen molar-refractivity contribution in [3.8, 4) is 11.4 Å². The lowest BCUT2D eigenvalue weighted by Gasteiger charge is -2.19. The van der Waals surface area contributed by atoms with Crippen LogP contribution in [-0.4, -0.2) is 25.1 Å². The largest absolute Gasteiger partial charge is 0.358 e. The van der Waals surface area contributed by atoms with E-state index in [1.54, 1.807) is 18.7 Å². The first-order chi connectivity index (χ1) is 12.7. The summed E-state index contributed by atoms with van der Waals surface area (Å²) >= 11 is 0. The minimum Gasteiger partial charge on any atom is -0.358 e. The van der Waals surface area contributed by atoms with Crippen molar-refractivity contribution >= 4 is 16.7 Å². The van der Waals surface area contributed by atoms with E-state index in [1.165, 1.54) is 0 Å². The standard InChI is InChI=1S/C19H18N6O/c1-12(2)16(19-24-17(25-26-19)13-6-5-9-20-10-13)23-18-14-7-3-4-8-15(14)21-11-22-18/h3-12,16H,1-2H3,(H,21,22,23). The van der Waals surface area contributed by atoms with Gasteiger partial charge >= 0.3 is 0 Å². The van der Waals surface area contributed by atoms with Gasteiger partial charge in [0.15, 0.2) is 0 Å². The van der Waals surface area contributed by atoms with Gasteiger partial charge in [0.25, 0.3) is 0 Å². The molecule has 0 aliphatic heterocycles. The van der Waals surface area contributed by atoms with Crippen molar-refractivity contribution in [1.82, 2.24) is 25.1 Å². The number of anilines is 1. The lowest BCUT2D eigenvalue weighted by molar-refractivity contribution is 0.336. The molecule has 1 atom stereocenters. The van der Waals surface area contributed by atoms with E-state index in [2.05, 4.69) is 44.3 Å². The number of hydrogen-bond acceptors (Lipinski definition) is 7. The fourth-order valence-corrected chi connectivity index (χ4v) is 2.75. The van der Waals surface area contributed by atoms with Gasteiger partial charge in [-0.2, -0.15) is 4.98 Å². The molecule has 0 aliphatic carbocycles. The number of pyridine rings is 1. The summed E-state index contributed by atoms with van der Waals surface area (Å²) < 4.78 is 5.53. The second-order valence-electron chi connectivity index (χ2n) is 6.30. The molecule has 130 valence electrons. The van der Waals surface area contributed by atoms with Gasteiger partial charge in [-0.3, -0.25) is 4.98 Å². The molecule has 4 aromatic rings. The molecule has 0 saturated heterocycles. The Balaban J connectivity index is 1.67. The number of fused-ring (bicyclic) bond motifs is 1. The summed E-state index contributed by atoms with van der Waals surface area (Å²) in [6, 6.07) is 11.4. The van der Waals surface area contributed by atoms with E-state index in [0.29, 0.717) is 11.7 Å². The summed E-state index contributed by atoms with van der Waals surface area (Å²) in [6.07, 6.45) is 4.98. The Morgan fingerprint density at radius 1 is 1.04 bits per heavy atom. The Morgan fingerprint density at radius 2 is 1.92 bits per heavy atom. The molecule has 1 N–H and O–H groups in total. The molecular formula is C19H18N6O. The second kappa shape index (κ2) is 6.87. The van der Waals surface area contributed by atoms with Gasteiger partial charge in [0.1, 0.15) is 18.2 Å². The van der Waals surface area contributed by atoms with Gasteiger partial charge in [0, 0.05) is 23.3 Å². The van der Waals surface area contributed by atoms with Crippen LogP contribution in [0.25, 0.3) is 22.3 Å². The van der Waals surface area contributed by atoms with E-state index in [-0.39, 0.29) is 12.0 Å². The summed E-state index contributed by atoms with van der Waals surface area (Å²) in [5.41, 5.74) is 1.70. The van der Waals surface area contributed by atoms with Crippen LogP contribution >= 0.6 is 0 Å². The van der Waals surface area contributed by atoms with E-state index in [9.17, 15) is 0 Å². The Bertz CT molecular complexity index is 1010. The quantitative estimate of drug-likeness (QED) is 0.586. The zero-order valence-corrected chi connectivity index (χ0v) is 14.5. The van der Waals surface area contributed by atoms with Crippen LogP contribution in [0.5, 0.6) is 0 Å². The van der Waals surface area contributed by atoms with Crippen LogP contribution in [0.2, 0.25) is 0 Å². The third-order valence-electron chi connectivity index (χ3n) is 4.13. The highest BCUT2D eigenvalue weighted by molar-refractivity contribution is 5.88. The van der Waals surface area contributed by atoms with Crippen LogP contribution in [0, 0.1) is 5.92 Å². The van der Waals surface area contributed by atoms with Gasteiger partial charge in [-0.1, -0.05) is 31.1 Å². The normalized spacial score (nSPS) is 12.4.